The maximum absolute atomic E-state index is 13.5. The number of nitrogens with zero attached hydrogens (tertiary/aromatic N) is 1. The van der Waals surface area contributed by atoms with Gasteiger partial charge in [0, 0.05) is 18.7 Å². The number of rotatable bonds is 6. The minimum Gasteiger partial charge on any atom is -0.465 e. The van der Waals surface area contributed by atoms with E-state index < -0.39 is 39.8 Å². The lowest BCUT2D eigenvalue weighted by molar-refractivity contribution is 0.137. The summed E-state index contributed by atoms with van der Waals surface area (Å²) in [7, 11) is -3.49. The Morgan fingerprint density at radius 2 is 1.86 bits per heavy atom. The van der Waals surface area contributed by atoms with Crippen LogP contribution < -0.4 is 4.72 Å². The van der Waals surface area contributed by atoms with Gasteiger partial charge < -0.3 is 10.0 Å². The summed E-state index contributed by atoms with van der Waals surface area (Å²) in [6.45, 7) is 1.74. The third-order valence-corrected chi connectivity index (χ3v) is 6.49. The van der Waals surface area contributed by atoms with E-state index in [1.165, 1.54) is 24.0 Å². The highest BCUT2D eigenvalue weighted by molar-refractivity contribution is 7.89. The zero-order valence-corrected chi connectivity index (χ0v) is 16.6. The molecule has 0 radical (unpaired) electrons. The van der Waals surface area contributed by atoms with Crippen LogP contribution in [0.15, 0.2) is 42.5 Å². The zero-order valence-electron chi connectivity index (χ0n) is 15.8. The summed E-state index contributed by atoms with van der Waals surface area (Å²) < 4.78 is 53.7. The maximum Gasteiger partial charge on any atom is 0.407 e. The van der Waals surface area contributed by atoms with Crippen LogP contribution in [-0.2, 0) is 16.4 Å². The number of benzene rings is 2. The Morgan fingerprint density at radius 3 is 2.48 bits per heavy atom. The van der Waals surface area contributed by atoms with Crippen molar-refractivity contribution in [3.8, 4) is 11.1 Å². The fraction of sp³-hybridized carbons (Fsp3) is 0.350. The SMILES string of the molecule is CCS(=O)(=O)N[C@H]1CCN(C(=O)O)[C@H]1Cc1cccc(-c2cc(F)cc(F)c2)c1. The molecule has 9 heteroatoms. The third kappa shape index (κ3) is 5.10. The largest absolute Gasteiger partial charge is 0.465 e. The standard InChI is InChI=1S/C20H22F2N2O4S/c1-2-29(27,28)23-18-6-7-24(20(25)26)19(18)9-13-4-3-5-14(8-13)15-10-16(21)12-17(22)11-15/h3-5,8,10-12,18-19,23H,2,6-7,9H2,1H3,(H,25,26)/t18-,19-/m0/s1. The van der Waals surface area contributed by atoms with Crippen LogP contribution >= 0.6 is 0 Å². The number of likely N-dealkylation sites (tertiary alicyclic amines) is 1. The van der Waals surface area contributed by atoms with Crippen LogP contribution in [0.25, 0.3) is 11.1 Å². The van der Waals surface area contributed by atoms with Crippen LogP contribution in [0.3, 0.4) is 0 Å². The van der Waals surface area contributed by atoms with Crippen LogP contribution in [0, 0.1) is 11.6 Å². The molecule has 1 saturated heterocycles. The lowest BCUT2D eigenvalue weighted by Gasteiger charge is -2.26. The minimum atomic E-state index is -3.49. The molecule has 2 aromatic rings. The molecule has 1 aliphatic rings. The predicted octanol–water partition coefficient (Wildman–Crippen LogP) is 3.23. The van der Waals surface area contributed by atoms with E-state index in [0.29, 0.717) is 17.5 Å². The number of sulfonamides is 1. The van der Waals surface area contributed by atoms with E-state index in [0.717, 1.165) is 11.6 Å². The minimum absolute atomic E-state index is 0.0933. The first-order valence-corrected chi connectivity index (χ1v) is 10.9. The maximum atomic E-state index is 13.5. The van der Waals surface area contributed by atoms with E-state index in [2.05, 4.69) is 4.72 Å². The molecule has 2 aromatic carbocycles. The fourth-order valence-electron chi connectivity index (χ4n) is 3.63. The van der Waals surface area contributed by atoms with Crippen LogP contribution in [0.1, 0.15) is 18.9 Å². The molecular formula is C20H22F2N2O4S. The predicted molar refractivity (Wildman–Crippen MR) is 105 cm³/mol. The molecule has 1 fully saturated rings. The van der Waals surface area contributed by atoms with Gasteiger partial charge in [0.05, 0.1) is 11.8 Å². The van der Waals surface area contributed by atoms with Gasteiger partial charge in [0.15, 0.2) is 0 Å². The van der Waals surface area contributed by atoms with Gasteiger partial charge >= 0.3 is 6.09 Å². The van der Waals surface area contributed by atoms with E-state index >= 15 is 0 Å². The summed E-state index contributed by atoms with van der Waals surface area (Å²) in [5.41, 5.74) is 1.70. The van der Waals surface area contributed by atoms with Crippen molar-refractivity contribution in [1.82, 2.24) is 9.62 Å². The second-order valence-electron chi connectivity index (χ2n) is 7.02. The van der Waals surface area contributed by atoms with Gasteiger partial charge in [-0.3, -0.25) is 0 Å². The van der Waals surface area contributed by atoms with Gasteiger partial charge in [0.1, 0.15) is 11.6 Å². The summed E-state index contributed by atoms with van der Waals surface area (Å²) in [5.74, 6) is -1.47. The number of hydrogen-bond donors (Lipinski definition) is 2. The van der Waals surface area contributed by atoms with Gasteiger partial charge in [-0.05, 0) is 48.6 Å². The molecule has 3 rings (SSSR count). The van der Waals surface area contributed by atoms with Crippen LogP contribution in [-0.4, -0.2) is 48.9 Å². The number of carboxylic acid groups (broad SMARTS) is 1. The van der Waals surface area contributed by atoms with E-state index in [9.17, 15) is 27.1 Å². The number of nitrogens with one attached hydrogen (secondary N) is 1. The smallest absolute Gasteiger partial charge is 0.407 e. The van der Waals surface area contributed by atoms with Crippen molar-refractivity contribution in [2.24, 2.45) is 0 Å². The Balaban J connectivity index is 1.88. The van der Waals surface area contributed by atoms with Crippen molar-refractivity contribution in [2.45, 2.75) is 31.8 Å². The Hall–Kier alpha value is -2.52. The van der Waals surface area contributed by atoms with Crippen molar-refractivity contribution in [1.29, 1.82) is 0 Å². The lowest BCUT2D eigenvalue weighted by atomic mass is 9.97. The van der Waals surface area contributed by atoms with E-state index in [4.69, 9.17) is 0 Å². The first-order valence-electron chi connectivity index (χ1n) is 9.23. The van der Waals surface area contributed by atoms with Crippen LogP contribution in [0.2, 0.25) is 0 Å². The highest BCUT2D eigenvalue weighted by Gasteiger charge is 2.38. The van der Waals surface area contributed by atoms with Crippen LogP contribution in [0.5, 0.6) is 0 Å². The summed E-state index contributed by atoms with van der Waals surface area (Å²) in [6.07, 6.45) is -0.462. The number of carbonyl (C=O) groups is 1. The molecule has 0 aromatic heterocycles. The molecule has 0 spiro atoms. The van der Waals surface area contributed by atoms with Gasteiger partial charge in [-0.15, -0.1) is 0 Å². The summed E-state index contributed by atoms with van der Waals surface area (Å²) in [5, 5.41) is 9.49. The highest BCUT2D eigenvalue weighted by atomic mass is 32.2. The van der Waals surface area contributed by atoms with E-state index in [-0.39, 0.29) is 18.7 Å². The first-order chi connectivity index (χ1) is 13.7. The first kappa shape index (κ1) is 21.2. The van der Waals surface area contributed by atoms with Crippen molar-refractivity contribution in [2.75, 3.05) is 12.3 Å². The molecule has 1 aliphatic heterocycles. The van der Waals surface area contributed by atoms with Gasteiger partial charge in [-0.1, -0.05) is 24.3 Å². The fourth-order valence-corrected chi connectivity index (χ4v) is 4.54. The Bertz CT molecular complexity index is 993. The Morgan fingerprint density at radius 1 is 1.17 bits per heavy atom. The van der Waals surface area contributed by atoms with Crippen molar-refractivity contribution in [3.05, 3.63) is 59.7 Å². The monoisotopic (exact) mass is 424 g/mol. The normalized spacial score (nSPS) is 19.5. The average molecular weight is 424 g/mol. The Labute approximate surface area is 168 Å². The molecule has 2 atom stereocenters. The highest BCUT2D eigenvalue weighted by Crippen LogP contribution is 2.26. The van der Waals surface area contributed by atoms with E-state index in [1.807, 2.05) is 0 Å². The lowest BCUT2D eigenvalue weighted by Crippen LogP contribution is -2.47. The summed E-state index contributed by atoms with van der Waals surface area (Å²) in [4.78, 5) is 12.8. The number of halogens is 2. The van der Waals surface area contributed by atoms with E-state index in [1.54, 1.807) is 24.3 Å². The van der Waals surface area contributed by atoms with Crippen molar-refractivity contribution < 1.29 is 27.1 Å². The molecule has 6 nitrogen and oxygen atoms in total. The molecular weight excluding hydrogens is 402 g/mol. The van der Waals surface area contributed by atoms with Gasteiger partial charge in [0.25, 0.3) is 0 Å². The van der Waals surface area contributed by atoms with Gasteiger partial charge in [-0.25, -0.2) is 26.7 Å². The molecule has 156 valence electrons. The Kier molecular flexibility index (Phi) is 6.18. The molecule has 0 bridgehead atoms. The molecule has 0 saturated carbocycles. The molecule has 1 amide bonds. The topological polar surface area (TPSA) is 86.7 Å². The van der Waals surface area contributed by atoms with Crippen LogP contribution in [0.4, 0.5) is 13.6 Å². The second kappa shape index (κ2) is 8.46. The third-order valence-electron chi connectivity index (χ3n) is 5.07. The molecule has 2 N–H and O–H groups in total. The number of hydrogen-bond acceptors (Lipinski definition) is 3. The van der Waals surface area contributed by atoms with Crippen molar-refractivity contribution in [3.63, 3.8) is 0 Å². The molecule has 0 aliphatic carbocycles. The summed E-state index contributed by atoms with van der Waals surface area (Å²) in [6, 6.07) is 9.07. The molecule has 1 heterocycles. The average Bonchev–Trinajstić information content (AvgIpc) is 3.03. The second-order valence-corrected chi connectivity index (χ2v) is 9.06. The van der Waals surface area contributed by atoms with Crippen molar-refractivity contribution >= 4 is 16.1 Å². The summed E-state index contributed by atoms with van der Waals surface area (Å²) >= 11 is 0. The quantitative estimate of drug-likeness (QED) is 0.746. The zero-order chi connectivity index (χ0) is 21.2. The van der Waals surface area contributed by atoms with Gasteiger partial charge in [-0.2, -0.15) is 0 Å². The number of amides is 1. The molecule has 0 unspecified atom stereocenters. The molecule has 29 heavy (non-hydrogen) atoms. The van der Waals surface area contributed by atoms with Gasteiger partial charge in [0.2, 0.25) is 10.0 Å².